The molecule has 82 valence electrons. The molecule has 0 aliphatic carbocycles. The average molecular weight is 217 g/mol. The number of esters is 1. The predicted octanol–water partition coefficient (Wildman–Crippen LogP) is 2.02. The summed E-state index contributed by atoms with van der Waals surface area (Å²) in [4.78, 5) is 15.0. The Morgan fingerprint density at radius 3 is 2.75 bits per heavy atom. The molecule has 0 N–H and O–H groups in total. The van der Waals surface area contributed by atoms with Crippen molar-refractivity contribution >= 4 is 11.9 Å². The Hall–Kier alpha value is -2.10. The molecule has 1 aromatic carbocycles. The van der Waals surface area contributed by atoms with E-state index in [4.69, 9.17) is 9.47 Å². The maximum atomic E-state index is 11.1. The number of cyclic esters (lactones) is 1. The number of rotatable bonds is 3. The Labute approximate surface area is 93.2 Å². The molecule has 1 aliphatic heterocycles. The minimum atomic E-state index is -0.467. The van der Waals surface area contributed by atoms with Crippen molar-refractivity contribution in [2.75, 3.05) is 0 Å². The Balaban J connectivity index is 1.93. The third-order valence-electron chi connectivity index (χ3n) is 2.02. The van der Waals surface area contributed by atoms with E-state index in [-0.39, 0.29) is 5.70 Å². The highest BCUT2D eigenvalue weighted by Crippen LogP contribution is 2.11. The van der Waals surface area contributed by atoms with E-state index in [1.165, 1.54) is 6.26 Å². The highest BCUT2D eigenvalue weighted by molar-refractivity contribution is 6.03. The zero-order chi connectivity index (χ0) is 11.4. The molecule has 16 heavy (non-hydrogen) atoms. The van der Waals surface area contributed by atoms with Crippen LogP contribution in [0.4, 0.5) is 0 Å². The third kappa shape index (κ3) is 2.48. The number of carbonyl (C=O) groups is 1. The molecule has 0 unspecified atom stereocenters. The number of hydrogen-bond acceptors (Lipinski definition) is 4. The molecule has 0 spiro atoms. The van der Waals surface area contributed by atoms with Crippen molar-refractivity contribution in [1.82, 2.24) is 0 Å². The van der Waals surface area contributed by atoms with Crippen LogP contribution in [0.5, 0.6) is 0 Å². The molecular formula is C12H11NO3. The zero-order valence-corrected chi connectivity index (χ0v) is 8.84. The standard InChI is InChI=1S/C12H11NO3/c1-9-13-11(12(14)16-9)8-15-7-10-5-3-2-4-6-10/h2-6,8H,7H2,1H3/b11-8+. The van der Waals surface area contributed by atoms with Crippen LogP contribution >= 0.6 is 0 Å². The van der Waals surface area contributed by atoms with Gasteiger partial charge in [0.1, 0.15) is 12.9 Å². The number of hydrogen-bond donors (Lipinski definition) is 0. The summed E-state index contributed by atoms with van der Waals surface area (Å²) in [7, 11) is 0. The fourth-order valence-corrected chi connectivity index (χ4v) is 1.29. The van der Waals surface area contributed by atoms with Crippen molar-refractivity contribution in [2.24, 2.45) is 4.99 Å². The van der Waals surface area contributed by atoms with Crippen molar-refractivity contribution in [1.29, 1.82) is 0 Å². The normalized spacial score (nSPS) is 17.2. The van der Waals surface area contributed by atoms with E-state index in [0.29, 0.717) is 12.5 Å². The van der Waals surface area contributed by atoms with Crippen LogP contribution in [0.1, 0.15) is 12.5 Å². The first-order valence-electron chi connectivity index (χ1n) is 4.89. The Morgan fingerprint density at radius 1 is 1.38 bits per heavy atom. The SMILES string of the molecule is CC1=N/C(=C/OCc2ccccc2)C(=O)O1. The van der Waals surface area contributed by atoms with Crippen LogP contribution in [0, 0.1) is 0 Å². The van der Waals surface area contributed by atoms with Crippen LogP contribution in [0.2, 0.25) is 0 Å². The van der Waals surface area contributed by atoms with Gasteiger partial charge in [-0.15, -0.1) is 0 Å². The summed E-state index contributed by atoms with van der Waals surface area (Å²) in [6, 6.07) is 9.68. The zero-order valence-electron chi connectivity index (χ0n) is 8.84. The van der Waals surface area contributed by atoms with Crippen molar-refractivity contribution in [3.63, 3.8) is 0 Å². The van der Waals surface area contributed by atoms with Crippen LogP contribution in [0.15, 0.2) is 47.3 Å². The van der Waals surface area contributed by atoms with E-state index in [0.717, 1.165) is 5.56 Å². The summed E-state index contributed by atoms with van der Waals surface area (Å²) in [6.07, 6.45) is 1.33. The quantitative estimate of drug-likeness (QED) is 0.442. The summed E-state index contributed by atoms with van der Waals surface area (Å²) in [5.41, 5.74) is 1.24. The smallest absolute Gasteiger partial charge is 0.366 e. The number of ether oxygens (including phenoxy) is 2. The molecule has 2 rings (SSSR count). The van der Waals surface area contributed by atoms with Gasteiger partial charge in [0, 0.05) is 6.92 Å². The van der Waals surface area contributed by atoms with Gasteiger partial charge in [0.15, 0.2) is 11.6 Å². The van der Waals surface area contributed by atoms with E-state index >= 15 is 0 Å². The molecule has 4 heteroatoms. The van der Waals surface area contributed by atoms with Gasteiger partial charge in [-0.1, -0.05) is 30.3 Å². The van der Waals surface area contributed by atoms with Crippen LogP contribution in [0.3, 0.4) is 0 Å². The topological polar surface area (TPSA) is 47.9 Å². The molecule has 0 saturated heterocycles. The number of aliphatic imine (C=N–C) groups is 1. The Kier molecular flexibility index (Phi) is 3.00. The first-order chi connectivity index (χ1) is 7.75. The molecule has 1 aliphatic rings. The summed E-state index contributed by atoms with van der Waals surface area (Å²) in [5, 5.41) is 0. The Bertz CT molecular complexity index is 449. The number of nitrogens with zero attached hydrogens (tertiary/aromatic N) is 1. The van der Waals surface area contributed by atoms with Crippen molar-refractivity contribution in [3.8, 4) is 0 Å². The monoisotopic (exact) mass is 217 g/mol. The van der Waals surface area contributed by atoms with Gasteiger partial charge in [-0.3, -0.25) is 0 Å². The van der Waals surface area contributed by atoms with Gasteiger partial charge < -0.3 is 9.47 Å². The van der Waals surface area contributed by atoms with E-state index in [1.54, 1.807) is 6.92 Å². The second-order valence-electron chi connectivity index (χ2n) is 3.32. The van der Waals surface area contributed by atoms with Crippen molar-refractivity contribution in [3.05, 3.63) is 47.9 Å². The number of benzene rings is 1. The lowest BCUT2D eigenvalue weighted by molar-refractivity contribution is -0.130. The molecule has 0 bridgehead atoms. The third-order valence-corrected chi connectivity index (χ3v) is 2.02. The molecule has 4 nitrogen and oxygen atoms in total. The average Bonchev–Trinajstić information content (AvgIpc) is 2.59. The van der Waals surface area contributed by atoms with Gasteiger partial charge in [-0.25, -0.2) is 9.79 Å². The molecule has 0 saturated carbocycles. The summed E-state index contributed by atoms with van der Waals surface area (Å²) in [5.74, 6) is -0.120. The first-order valence-corrected chi connectivity index (χ1v) is 4.89. The molecule has 0 atom stereocenters. The van der Waals surface area contributed by atoms with Crippen LogP contribution < -0.4 is 0 Å². The maximum Gasteiger partial charge on any atom is 0.366 e. The fourth-order valence-electron chi connectivity index (χ4n) is 1.29. The van der Waals surface area contributed by atoms with E-state index in [9.17, 15) is 4.79 Å². The number of carbonyl (C=O) groups excluding carboxylic acids is 1. The largest absolute Gasteiger partial charge is 0.494 e. The van der Waals surface area contributed by atoms with Gasteiger partial charge in [0.05, 0.1) is 0 Å². The van der Waals surface area contributed by atoms with Crippen molar-refractivity contribution < 1.29 is 14.3 Å². The molecule has 1 heterocycles. The van der Waals surface area contributed by atoms with E-state index < -0.39 is 5.97 Å². The Morgan fingerprint density at radius 2 is 2.12 bits per heavy atom. The minimum Gasteiger partial charge on any atom is -0.494 e. The lowest BCUT2D eigenvalue weighted by atomic mass is 10.2. The predicted molar refractivity (Wildman–Crippen MR) is 58.5 cm³/mol. The van der Waals surface area contributed by atoms with Gasteiger partial charge in [-0.2, -0.15) is 0 Å². The lowest BCUT2D eigenvalue weighted by Gasteiger charge is -2.00. The van der Waals surface area contributed by atoms with Gasteiger partial charge in [-0.05, 0) is 5.56 Å². The molecule has 0 aromatic heterocycles. The molecule has 0 fully saturated rings. The van der Waals surface area contributed by atoms with E-state index in [2.05, 4.69) is 4.99 Å². The first kappa shape index (κ1) is 10.4. The summed E-state index contributed by atoms with van der Waals surface area (Å²) in [6.45, 7) is 2.03. The highest BCUT2D eigenvalue weighted by Gasteiger charge is 2.19. The second-order valence-corrected chi connectivity index (χ2v) is 3.32. The van der Waals surface area contributed by atoms with Gasteiger partial charge >= 0.3 is 5.97 Å². The molecule has 0 amide bonds. The lowest BCUT2D eigenvalue weighted by Crippen LogP contribution is -2.00. The van der Waals surface area contributed by atoms with Crippen molar-refractivity contribution in [2.45, 2.75) is 13.5 Å². The van der Waals surface area contributed by atoms with Gasteiger partial charge in [0.2, 0.25) is 0 Å². The van der Waals surface area contributed by atoms with Crippen LogP contribution in [-0.2, 0) is 20.9 Å². The fraction of sp³-hybridized carbons (Fsp3) is 0.167. The van der Waals surface area contributed by atoms with Crippen LogP contribution in [0.25, 0.3) is 0 Å². The second kappa shape index (κ2) is 4.61. The summed E-state index contributed by atoms with van der Waals surface area (Å²) >= 11 is 0. The molecule has 1 aromatic rings. The maximum absolute atomic E-state index is 11.1. The van der Waals surface area contributed by atoms with Gasteiger partial charge in [0.25, 0.3) is 0 Å². The van der Waals surface area contributed by atoms with E-state index in [1.807, 2.05) is 30.3 Å². The molecule has 0 radical (unpaired) electrons. The summed E-state index contributed by atoms with van der Waals surface area (Å²) < 4.78 is 9.99. The highest BCUT2D eigenvalue weighted by atomic mass is 16.6. The van der Waals surface area contributed by atoms with Crippen LogP contribution in [-0.4, -0.2) is 11.9 Å². The molecular weight excluding hydrogens is 206 g/mol. The minimum absolute atomic E-state index is 0.202.